The van der Waals surface area contributed by atoms with Gasteiger partial charge in [-0.2, -0.15) is 0 Å². The molecule has 2 heterocycles. The molecule has 0 saturated carbocycles. The Balaban J connectivity index is 2.49. The summed E-state index contributed by atoms with van der Waals surface area (Å²) in [4.78, 5) is 4.06. The van der Waals surface area contributed by atoms with Crippen LogP contribution in [-0.2, 0) is 6.54 Å². The maximum absolute atomic E-state index is 4.06. The molecule has 1 atom stereocenters. The van der Waals surface area contributed by atoms with Crippen LogP contribution in [0.1, 0.15) is 25.0 Å². The molecule has 1 aliphatic heterocycles. The summed E-state index contributed by atoms with van der Waals surface area (Å²) < 4.78 is 2.23. The Morgan fingerprint density at radius 2 is 2.67 bits per heavy atom. The standard InChI is InChI=1S/C7H10N2/c1-6-2-3-9-5-8-4-7(6)9/h4-6H,2-3H2,1H3/t6-/m1/s1. The Hall–Kier alpha value is -0.790. The molecule has 1 aliphatic rings. The van der Waals surface area contributed by atoms with E-state index in [2.05, 4.69) is 16.5 Å². The van der Waals surface area contributed by atoms with Crippen molar-refractivity contribution < 1.29 is 0 Å². The molecule has 1 aromatic heterocycles. The van der Waals surface area contributed by atoms with E-state index in [9.17, 15) is 0 Å². The monoisotopic (exact) mass is 122 g/mol. The molecule has 2 heteroatoms. The summed E-state index contributed by atoms with van der Waals surface area (Å²) >= 11 is 0. The minimum absolute atomic E-state index is 0.729. The Labute approximate surface area is 54.5 Å². The zero-order chi connectivity index (χ0) is 6.27. The third kappa shape index (κ3) is 0.590. The fraction of sp³-hybridized carbons (Fsp3) is 0.571. The molecule has 0 spiro atoms. The molecule has 2 nitrogen and oxygen atoms in total. The second kappa shape index (κ2) is 1.59. The summed E-state index contributed by atoms with van der Waals surface area (Å²) in [6.45, 7) is 3.41. The van der Waals surface area contributed by atoms with Crippen LogP contribution >= 0.6 is 0 Å². The molecule has 48 valence electrons. The molecule has 0 saturated heterocycles. The highest BCUT2D eigenvalue weighted by molar-refractivity contribution is 5.08. The molecule has 0 aromatic carbocycles. The predicted octanol–water partition coefficient (Wildman–Crippen LogP) is 1.39. The van der Waals surface area contributed by atoms with Crippen LogP contribution in [0.4, 0.5) is 0 Å². The number of aryl methyl sites for hydroxylation is 1. The minimum atomic E-state index is 0.729. The van der Waals surface area contributed by atoms with Gasteiger partial charge in [-0.15, -0.1) is 0 Å². The predicted molar refractivity (Wildman–Crippen MR) is 35.3 cm³/mol. The van der Waals surface area contributed by atoms with Crippen LogP contribution in [0.5, 0.6) is 0 Å². The lowest BCUT2D eigenvalue weighted by Gasteiger charge is -1.95. The zero-order valence-corrected chi connectivity index (χ0v) is 5.54. The van der Waals surface area contributed by atoms with Gasteiger partial charge in [0.2, 0.25) is 0 Å². The van der Waals surface area contributed by atoms with Crippen molar-refractivity contribution in [2.24, 2.45) is 0 Å². The van der Waals surface area contributed by atoms with Gasteiger partial charge in [0.25, 0.3) is 0 Å². The molecular formula is C7H10N2. The smallest absolute Gasteiger partial charge is 0.0948 e. The highest BCUT2D eigenvalue weighted by Gasteiger charge is 2.16. The zero-order valence-electron chi connectivity index (χ0n) is 5.54. The summed E-state index contributed by atoms with van der Waals surface area (Å²) in [6.07, 6.45) is 5.17. The van der Waals surface area contributed by atoms with Crippen LogP contribution in [0.25, 0.3) is 0 Å². The highest BCUT2D eigenvalue weighted by atomic mass is 15.1. The highest BCUT2D eigenvalue weighted by Crippen LogP contribution is 2.25. The lowest BCUT2D eigenvalue weighted by Crippen LogP contribution is -1.87. The van der Waals surface area contributed by atoms with Crippen molar-refractivity contribution in [2.75, 3.05) is 0 Å². The molecule has 0 amide bonds. The third-order valence-corrected chi connectivity index (χ3v) is 2.05. The third-order valence-electron chi connectivity index (χ3n) is 2.05. The maximum Gasteiger partial charge on any atom is 0.0948 e. The topological polar surface area (TPSA) is 17.8 Å². The van der Waals surface area contributed by atoms with Gasteiger partial charge in [0.1, 0.15) is 0 Å². The van der Waals surface area contributed by atoms with Gasteiger partial charge >= 0.3 is 0 Å². The van der Waals surface area contributed by atoms with E-state index in [1.807, 2.05) is 12.5 Å². The molecule has 1 aromatic rings. The number of imidazole rings is 1. The summed E-state index contributed by atoms with van der Waals surface area (Å²) in [5.41, 5.74) is 1.40. The average Bonchev–Trinajstić information content (AvgIpc) is 2.35. The number of fused-ring (bicyclic) bond motifs is 1. The Morgan fingerprint density at radius 1 is 1.78 bits per heavy atom. The van der Waals surface area contributed by atoms with Crippen LogP contribution < -0.4 is 0 Å². The quantitative estimate of drug-likeness (QED) is 0.508. The van der Waals surface area contributed by atoms with Gasteiger partial charge < -0.3 is 4.57 Å². The summed E-state index contributed by atoms with van der Waals surface area (Å²) in [7, 11) is 0. The van der Waals surface area contributed by atoms with E-state index >= 15 is 0 Å². The molecule has 2 rings (SSSR count). The second-order valence-electron chi connectivity index (χ2n) is 2.70. The van der Waals surface area contributed by atoms with E-state index < -0.39 is 0 Å². The van der Waals surface area contributed by atoms with Gasteiger partial charge in [0, 0.05) is 18.4 Å². The number of hydrogen-bond acceptors (Lipinski definition) is 1. The number of hydrogen-bond donors (Lipinski definition) is 0. The number of rotatable bonds is 0. The van der Waals surface area contributed by atoms with Crippen molar-refractivity contribution in [1.29, 1.82) is 0 Å². The number of aromatic nitrogens is 2. The minimum Gasteiger partial charge on any atom is -0.334 e. The first-order valence-electron chi connectivity index (χ1n) is 3.38. The van der Waals surface area contributed by atoms with Crippen LogP contribution in [-0.4, -0.2) is 9.55 Å². The van der Waals surface area contributed by atoms with E-state index in [4.69, 9.17) is 0 Å². The van der Waals surface area contributed by atoms with Crippen LogP contribution in [0, 0.1) is 0 Å². The van der Waals surface area contributed by atoms with Gasteiger partial charge in [0.15, 0.2) is 0 Å². The van der Waals surface area contributed by atoms with Crippen LogP contribution in [0.15, 0.2) is 12.5 Å². The van der Waals surface area contributed by atoms with E-state index in [1.165, 1.54) is 12.1 Å². The van der Waals surface area contributed by atoms with Crippen LogP contribution in [0.2, 0.25) is 0 Å². The van der Waals surface area contributed by atoms with Crippen molar-refractivity contribution >= 4 is 0 Å². The first-order valence-corrected chi connectivity index (χ1v) is 3.38. The fourth-order valence-corrected chi connectivity index (χ4v) is 1.41. The van der Waals surface area contributed by atoms with Gasteiger partial charge in [-0.3, -0.25) is 0 Å². The second-order valence-corrected chi connectivity index (χ2v) is 2.70. The fourth-order valence-electron chi connectivity index (χ4n) is 1.41. The van der Waals surface area contributed by atoms with E-state index in [0.717, 1.165) is 12.5 Å². The lowest BCUT2D eigenvalue weighted by atomic mass is 10.1. The molecule has 0 radical (unpaired) electrons. The first kappa shape index (κ1) is 5.03. The van der Waals surface area contributed by atoms with Crippen molar-refractivity contribution in [3.63, 3.8) is 0 Å². The normalized spacial score (nSPS) is 24.3. The van der Waals surface area contributed by atoms with Gasteiger partial charge in [0.05, 0.1) is 6.33 Å². The first-order chi connectivity index (χ1) is 4.38. The van der Waals surface area contributed by atoms with Crippen molar-refractivity contribution in [1.82, 2.24) is 9.55 Å². The van der Waals surface area contributed by atoms with Crippen molar-refractivity contribution in [3.05, 3.63) is 18.2 Å². The maximum atomic E-state index is 4.06. The Kier molecular flexibility index (Phi) is 0.891. The van der Waals surface area contributed by atoms with Crippen LogP contribution in [0.3, 0.4) is 0 Å². The Morgan fingerprint density at radius 3 is 3.44 bits per heavy atom. The molecule has 0 unspecified atom stereocenters. The summed E-state index contributed by atoms with van der Waals surface area (Å²) in [6, 6.07) is 0. The Bertz CT molecular complexity index is 214. The van der Waals surface area contributed by atoms with Gasteiger partial charge in [-0.25, -0.2) is 4.98 Å². The number of nitrogens with zero attached hydrogens (tertiary/aromatic N) is 2. The average molecular weight is 122 g/mol. The summed E-state index contributed by atoms with van der Waals surface area (Å²) in [5, 5.41) is 0. The molecule has 0 fully saturated rings. The summed E-state index contributed by atoms with van der Waals surface area (Å²) in [5.74, 6) is 0.729. The van der Waals surface area contributed by atoms with E-state index in [1.54, 1.807) is 0 Å². The van der Waals surface area contributed by atoms with E-state index in [-0.39, 0.29) is 0 Å². The van der Waals surface area contributed by atoms with Gasteiger partial charge in [-0.05, 0) is 12.3 Å². The van der Waals surface area contributed by atoms with Gasteiger partial charge in [-0.1, -0.05) is 6.92 Å². The van der Waals surface area contributed by atoms with E-state index in [0.29, 0.717) is 0 Å². The molecule has 0 N–H and O–H groups in total. The SMILES string of the molecule is C[C@@H]1CCn2cncc21. The largest absolute Gasteiger partial charge is 0.334 e. The molecular weight excluding hydrogens is 112 g/mol. The molecule has 0 bridgehead atoms. The van der Waals surface area contributed by atoms with Crippen molar-refractivity contribution in [2.45, 2.75) is 25.8 Å². The lowest BCUT2D eigenvalue weighted by molar-refractivity contribution is 0.696. The molecule has 9 heavy (non-hydrogen) atoms. The van der Waals surface area contributed by atoms with Crippen molar-refractivity contribution in [3.8, 4) is 0 Å². The molecule has 0 aliphatic carbocycles.